The van der Waals surface area contributed by atoms with E-state index in [1.54, 1.807) is 0 Å². The van der Waals surface area contributed by atoms with Crippen LogP contribution in [0.2, 0.25) is 0 Å². The highest BCUT2D eigenvalue weighted by Crippen LogP contribution is 2.64. The van der Waals surface area contributed by atoms with Gasteiger partial charge >= 0.3 is 5.97 Å². The summed E-state index contributed by atoms with van der Waals surface area (Å²) in [6.07, 6.45) is 5.74. The number of rotatable bonds is 2. The van der Waals surface area contributed by atoms with Crippen molar-refractivity contribution in [3.05, 3.63) is 0 Å². The van der Waals surface area contributed by atoms with Crippen molar-refractivity contribution in [2.24, 2.45) is 16.7 Å². The Bertz CT molecular complexity index is 351. The third-order valence-corrected chi connectivity index (χ3v) is 4.88. The minimum Gasteiger partial charge on any atom is -0.461 e. The van der Waals surface area contributed by atoms with Gasteiger partial charge in [-0.3, -0.25) is 4.79 Å². The lowest BCUT2D eigenvalue weighted by Gasteiger charge is -2.61. The maximum atomic E-state index is 12.0. The topological polar surface area (TPSA) is 35.5 Å². The van der Waals surface area contributed by atoms with E-state index in [0.29, 0.717) is 18.4 Å². The van der Waals surface area contributed by atoms with E-state index >= 15 is 0 Å². The van der Waals surface area contributed by atoms with Crippen LogP contribution < -0.4 is 0 Å². The van der Waals surface area contributed by atoms with E-state index in [0.717, 1.165) is 13.0 Å². The van der Waals surface area contributed by atoms with Crippen LogP contribution in [0.5, 0.6) is 0 Å². The van der Waals surface area contributed by atoms with Gasteiger partial charge in [0.05, 0.1) is 12.5 Å². The maximum Gasteiger partial charge on any atom is 0.306 e. The molecular weight excluding hydrogens is 228 g/mol. The molecule has 0 bridgehead atoms. The number of fused-ring (bicyclic) bond motifs is 2. The van der Waals surface area contributed by atoms with Gasteiger partial charge in [-0.25, -0.2) is 0 Å². The van der Waals surface area contributed by atoms with Gasteiger partial charge < -0.3 is 9.47 Å². The lowest BCUT2D eigenvalue weighted by molar-refractivity contribution is -0.249. The van der Waals surface area contributed by atoms with Crippen molar-refractivity contribution in [2.75, 3.05) is 6.61 Å². The number of ether oxygens (including phenoxy) is 2. The molecule has 18 heavy (non-hydrogen) atoms. The maximum absolute atomic E-state index is 12.0. The van der Waals surface area contributed by atoms with Crippen molar-refractivity contribution < 1.29 is 14.3 Å². The molecule has 2 saturated carbocycles. The molecule has 1 saturated heterocycles. The van der Waals surface area contributed by atoms with E-state index in [4.69, 9.17) is 9.47 Å². The van der Waals surface area contributed by atoms with Crippen molar-refractivity contribution >= 4 is 5.97 Å². The molecule has 0 aromatic rings. The molecule has 0 aromatic carbocycles. The molecule has 1 heterocycles. The van der Waals surface area contributed by atoms with Gasteiger partial charge in [0.25, 0.3) is 0 Å². The third-order valence-electron chi connectivity index (χ3n) is 4.88. The molecule has 3 atom stereocenters. The molecular formula is C15H24O3. The van der Waals surface area contributed by atoms with Gasteiger partial charge in [0.15, 0.2) is 0 Å². The first-order valence-corrected chi connectivity index (χ1v) is 7.23. The number of esters is 1. The zero-order valence-electron chi connectivity index (χ0n) is 11.7. The molecule has 2 aliphatic carbocycles. The van der Waals surface area contributed by atoms with E-state index in [-0.39, 0.29) is 22.9 Å². The van der Waals surface area contributed by atoms with Crippen molar-refractivity contribution in [1.29, 1.82) is 0 Å². The van der Waals surface area contributed by atoms with E-state index < -0.39 is 0 Å². The van der Waals surface area contributed by atoms with Crippen LogP contribution in [0.15, 0.2) is 0 Å². The van der Waals surface area contributed by atoms with E-state index in [2.05, 4.69) is 20.8 Å². The summed E-state index contributed by atoms with van der Waals surface area (Å²) >= 11 is 0. The fourth-order valence-corrected chi connectivity index (χ4v) is 3.95. The van der Waals surface area contributed by atoms with Crippen LogP contribution >= 0.6 is 0 Å². The van der Waals surface area contributed by atoms with E-state index in [1.807, 2.05) is 0 Å². The average molecular weight is 252 g/mol. The molecule has 0 radical (unpaired) electrons. The fraction of sp³-hybridized carbons (Fsp3) is 0.933. The summed E-state index contributed by atoms with van der Waals surface area (Å²) in [6.45, 7) is 7.09. The van der Waals surface area contributed by atoms with Crippen molar-refractivity contribution in [1.82, 2.24) is 0 Å². The molecule has 0 N–H and O–H groups in total. The van der Waals surface area contributed by atoms with Gasteiger partial charge in [-0.2, -0.15) is 0 Å². The second-order valence-electron chi connectivity index (χ2n) is 7.48. The Morgan fingerprint density at radius 3 is 2.67 bits per heavy atom. The smallest absolute Gasteiger partial charge is 0.306 e. The summed E-state index contributed by atoms with van der Waals surface area (Å²) in [5.41, 5.74) is 0.216. The summed E-state index contributed by atoms with van der Waals surface area (Å²) in [5, 5.41) is 0. The predicted octanol–water partition coefficient (Wildman–Crippen LogP) is 2.92. The standard InChI is InChI=1S/C15H24O3/c1-14(2,3)9-11(16)18-13-10-5-8-17-12(10)15(13)6-4-7-15/h10,12-13H,4-9H2,1-3H3/t10-,12+,13-/m1/s1. The lowest BCUT2D eigenvalue weighted by atomic mass is 9.47. The lowest BCUT2D eigenvalue weighted by Crippen LogP contribution is -2.67. The predicted molar refractivity (Wildman–Crippen MR) is 68.1 cm³/mol. The van der Waals surface area contributed by atoms with E-state index in [9.17, 15) is 4.79 Å². The molecule has 3 fully saturated rings. The van der Waals surface area contributed by atoms with Crippen molar-refractivity contribution in [3.63, 3.8) is 0 Å². The van der Waals surface area contributed by atoms with Crippen LogP contribution in [0.25, 0.3) is 0 Å². The minimum atomic E-state index is -0.0240. The van der Waals surface area contributed by atoms with Crippen molar-refractivity contribution in [2.45, 2.75) is 65.1 Å². The Morgan fingerprint density at radius 1 is 1.39 bits per heavy atom. The molecule has 1 aliphatic heterocycles. The fourth-order valence-electron chi connectivity index (χ4n) is 3.95. The van der Waals surface area contributed by atoms with Gasteiger partial charge in [0.2, 0.25) is 0 Å². The number of carbonyl (C=O) groups excluding carboxylic acids is 1. The highest BCUT2D eigenvalue weighted by Gasteiger charge is 2.68. The van der Waals surface area contributed by atoms with E-state index in [1.165, 1.54) is 19.3 Å². The Morgan fingerprint density at radius 2 is 2.11 bits per heavy atom. The highest BCUT2D eigenvalue weighted by molar-refractivity contribution is 5.70. The molecule has 3 rings (SSSR count). The van der Waals surface area contributed by atoms with Crippen LogP contribution in [0.1, 0.15) is 52.9 Å². The molecule has 3 nitrogen and oxygen atoms in total. The highest BCUT2D eigenvalue weighted by atomic mass is 16.6. The van der Waals surface area contributed by atoms with Crippen LogP contribution in [0.3, 0.4) is 0 Å². The Balaban J connectivity index is 1.64. The first kappa shape index (κ1) is 12.5. The summed E-state index contributed by atoms with van der Waals surface area (Å²) in [6, 6.07) is 0. The van der Waals surface area contributed by atoms with Crippen LogP contribution in [0.4, 0.5) is 0 Å². The number of carbonyl (C=O) groups is 1. The number of hydrogen-bond donors (Lipinski definition) is 0. The molecule has 0 aromatic heterocycles. The minimum absolute atomic E-state index is 0.0131. The molecule has 3 heteroatoms. The summed E-state index contributed by atoms with van der Waals surface area (Å²) < 4.78 is 11.6. The number of hydrogen-bond acceptors (Lipinski definition) is 3. The third kappa shape index (κ3) is 1.78. The zero-order chi connectivity index (χ0) is 13.0. The summed E-state index contributed by atoms with van der Waals surface area (Å²) in [7, 11) is 0. The molecule has 102 valence electrons. The average Bonchev–Trinajstić information content (AvgIpc) is 2.54. The van der Waals surface area contributed by atoms with Gasteiger partial charge in [-0.15, -0.1) is 0 Å². The van der Waals surface area contributed by atoms with Crippen LogP contribution in [-0.4, -0.2) is 24.8 Å². The molecule has 1 spiro atoms. The first-order chi connectivity index (χ1) is 8.42. The summed E-state index contributed by atoms with van der Waals surface area (Å²) in [4.78, 5) is 12.0. The Hall–Kier alpha value is -0.570. The van der Waals surface area contributed by atoms with Crippen molar-refractivity contribution in [3.8, 4) is 0 Å². The first-order valence-electron chi connectivity index (χ1n) is 7.23. The second kappa shape index (κ2) is 3.96. The van der Waals surface area contributed by atoms with Gasteiger partial charge in [-0.1, -0.05) is 27.2 Å². The van der Waals surface area contributed by atoms with Crippen LogP contribution in [0, 0.1) is 16.7 Å². The SMILES string of the molecule is CC(C)(C)CC(=O)O[C@@H]1[C@@H]2CCO[C@@H]2C12CCC2. The summed E-state index contributed by atoms with van der Waals surface area (Å²) in [5.74, 6) is 0.457. The largest absolute Gasteiger partial charge is 0.461 e. The molecule has 3 aliphatic rings. The van der Waals surface area contributed by atoms with Gasteiger partial charge in [0.1, 0.15) is 6.10 Å². The molecule has 0 unspecified atom stereocenters. The van der Waals surface area contributed by atoms with Gasteiger partial charge in [0, 0.05) is 17.9 Å². The quantitative estimate of drug-likeness (QED) is 0.709. The van der Waals surface area contributed by atoms with Crippen LogP contribution in [-0.2, 0) is 14.3 Å². The normalized spacial score (nSPS) is 36.7. The zero-order valence-corrected chi connectivity index (χ0v) is 11.7. The second-order valence-corrected chi connectivity index (χ2v) is 7.48. The monoisotopic (exact) mass is 252 g/mol. The van der Waals surface area contributed by atoms with Gasteiger partial charge in [-0.05, 0) is 24.7 Å². The Kier molecular flexibility index (Phi) is 2.74. The Labute approximate surface area is 109 Å². The molecule has 0 amide bonds.